The second-order valence-electron chi connectivity index (χ2n) is 3.94. The van der Waals surface area contributed by atoms with E-state index < -0.39 is 0 Å². The molecule has 0 saturated carbocycles. The summed E-state index contributed by atoms with van der Waals surface area (Å²) in [5, 5.41) is 3.57. The van der Waals surface area contributed by atoms with Crippen molar-refractivity contribution in [3.05, 3.63) is 34.6 Å². The van der Waals surface area contributed by atoms with Crippen LogP contribution in [0.5, 0.6) is 0 Å². The lowest BCUT2D eigenvalue weighted by molar-refractivity contribution is 0.496. The van der Waals surface area contributed by atoms with Crippen LogP contribution in [0.25, 0.3) is 0 Å². The minimum absolute atomic E-state index is 0.195. The Kier molecular flexibility index (Phi) is 5.06. The zero-order valence-corrected chi connectivity index (χ0v) is 9.94. The van der Waals surface area contributed by atoms with E-state index in [0.29, 0.717) is 10.9 Å². The summed E-state index contributed by atoms with van der Waals surface area (Å²) in [5.74, 6) is 0.365. The van der Waals surface area contributed by atoms with E-state index in [-0.39, 0.29) is 5.82 Å². The van der Waals surface area contributed by atoms with Crippen molar-refractivity contribution >= 4 is 11.6 Å². The van der Waals surface area contributed by atoms with E-state index in [0.717, 1.165) is 24.9 Å². The average molecular weight is 230 g/mol. The molecule has 0 aliphatic heterocycles. The van der Waals surface area contributed by atoms with Gasteiger partial charge in [0.25, 0.3) is 0 Å². The summed E-state index contributed by atoms with van der Waals surface area (Å²) < 4.78 is 13.4. The summed E-state index contributed by atoms with van der Waals surface area (Å²) in [6.07, 6.45) is 1.76. The van der Waals surface area contributed by atoms with Crippen molar-refractivity contribution in [2.45, 2.75) is 19.8 Å². The largest absolute Gasteiger partial charge is 0.319 e. The van der Waals surface area contributed by atoms with Crippen LogP contribution < -0.4 is 5.32 Å². The molecule has 1 unspecified atom stereocenters. The molecule has 1 nitrogen and oxygen atoms in total. The molecule has 1 atom stereocenters. The molecule has 0 saturated heterocycles. The van der Waals surface area contributed by atoms with Crippen molar-refractivity contribution in [3.63, 3.8) is 0 Å². The van der Waals surface area contributed by atoms with Gasteiger partial charge >= 0.3 is 0 Å². The Morgan fingerprint density at radius 1 is 1.47 bits per heavy atom. The van der Waals surface area contributed by atoms with Crippen LogP contribution in [0.15, 0.2) is 18.2 Å². The highest BCUT2D eigenvalue weighted by Gasteiger charge is 2.05. The van der Waals surface area contributed by atoms with Crippen LogP contribution in [-0.2, 0) is 6.42 Å². The fourth-order valence-corrected chi connectivity index (χ4v) is 1.74. The first-order valence-electron chi connectivity index (χ1n) is 5.22. The van der Waals surface area contributed by atoms with Crippen molar-refractivity contribution in [3.8, 4) is 0 Å². The van der Waals surface area contributed by atoms with E-state index in [1.165, 1.54) is 6.07 Å². The van der Waals surface area contributed by atoms with Gasteiger partial charge in [-0.1, -0.05) is 24.6 Å². The molecular formula is C12H17ClFN. The van der Waals surface area contributed by atoms with E-state index in [2.05, 4.69) is 12.2 Å². The monoisotopic (exact) mass is 229 g/mol. The van der Waals surface area contributed by atoms with Crippen molar-refractivity contribution in [2.75, 3.05) is 13.6 Å². The van der Waals surface area contributed by atoms with Gasteiger partial charge in [-0.05, 0) is 50.0 Å². The molecule has 84 valence electrons. The maximum atomic E-state index is 13.4. The first-order chi connectivity index (χ1) is 7.13. The number of aryl methyl sites for hydroxylation is 1. The zero-order valence-electron chi connectivity index (χ0n) is 9.19. The number of benzene rings is 1. The molecule has 15 heavy (non-hydrogen) atoms. The molecule has 0 aliphatic carbocycles. The number of hydrogen-bond acceptors (Lipinski definition) is 1. The fraction of sp³-hybridized carbons (Fsp3) is 0.500. The smallest absolute Gasteiger partial charge is 0.127 e. The Hall–Kier alpha value is -0.600. The van der Waals surface area contributed by atoms with Gasteiger partial charge in [-0.25, -0.2) is 4.39 Å². The summed E-state index contributed by atoms with van der Waals surface area (Å²) in [7, 11) is 1.93. The standard InChI is InChI=1S/C12H17ClFN/c1-9(8-15-2)3-4-10-5-6-11(13)7-12(10)14/h5-7,9,15H,3-4,8H2,1-2H3. The molecule has 0 fully saturated rings. The minimum atomic E-state index is -0.195. The van der Waals surface area contributed by atoms with Gasteiger partial charge in [0.05, 0.1) is 0 Å². The summed E-state index contributed by atoms with van der Waals surface area (Å²) in [6, 6.07) is 4.88. The van der Waals surface area contributed by atoms with Crippen LogP contribution in [0.2, 0.25) is 5.02 Å². The molecule has 1 aromatic rings. The van der Waals surface area contributed by atoms with Crippen LogP contribution in [0.1, 0.15) is 18.9 Å². The van der Waals surface area contributed by atoms with Crippen LogP contribution in [0.4, 0.5) is 4.39 Å². The molecule has 3 heteroatoms. The van der Waals surface area contributed by atoms with Crippen molar-refractivity contribution in [2.24, 2.45) is 5.92 Å². The predicted octanol–water partition coefficient (Wildman–Crippen LogP) is 3.27. The first-order valence-corrected chi connectivity index (χ1v) is 5.59. The number of nitrogens with one attached hydrogen (secondary N) is 1. The quantitative estimate of drug-likeness (QED) is 0.817. The van der Waals surface area contributed by atoms with Crippen molar-refractivity contribution < 1.29 is 4.39 Å². The third-order valence-electron chi connectivity index (χ3n) is 2.47. The van der Waals surface area contributed by atoms with Gasteiger partial charge in [0.1, 0.15) is 5.82 Å². The van der Waals surface area contributed by atoms with Crippen LogP contribution in [-0.4, -0.2) is 13.6 Å². The summed E-state index contributed by atoms with van der Waals surface area (Å²) >= 11 is 5.68. The Morgan fingerprint density at radius 3 is 2.80 bits per heavy atom. The topological polar surface area (TPSA) is 12.0 Å². The number of halogens is 2. The first kappa shape index (κ1) is 12.5. The Balaban J connectivity index is 2.50. The second kappa shape index (κ2) is 6.09. The third-order valence-corrected chi connectivity index (χ3v) is 2.71. The lowest BCUT2D eigenvalue weighted by atomic mass is 10.0. The van der Waals surface area contributed by atoms with Gasteiger partial charge in [-0.2, -0.15) is 0 Å². The Morgan fingerprint density at radius 2 is 2.20 bits per heavy atom. The molecule has 1 aromatic carbocycles. The molecule has 0 aromatic heterocycles. The van der Waals surface area contributed by atoms with Crippen molar-refractivity contribution in [1.29, 1.82) is 0 Å². The molecule has 0 bridgehead atoms. The van der Waals surface area contributed by atoms with Gasteiger partial charge in [-0.3, -0.25) is 0 Å². The summed E-state index contributed by atoms with van der Waals surface area (Å²) in [4.78, 5) is 0. The van der Waals surface area contributed by atoms with Gasteiger partial charge in [0.2, 0.25) is 0 Å². The lowest BCUT2D eigenvalue weighted by Crippen LogP contribution is -2.16. The third kappa shape index (κ3) is 4.18. The maximum absolute atomic E-state index is 13.4. The van der Waals surface area contributed by atoms with E-state index >= 15 is 0 Å². The van der Waals surface area contributed by atoms with E-state index in [1.807, 2.05) is 7.05 Å². The second-order valence-corrected chi connectivity index (χ2v) is 4.37. The SMILES string of the molecule is CNCC(C)CCc1ccc(Cl)cc1F. The van der Waals surface area contributed by atoms with E-state index in [9.17, 15) is 4.39 Å². The van der Waals surface area contributed by atoms with Gasteiger partial charge in [0.15, 0.2) is 0 Å². The molecule has 0 spiro atoms. The fourth-order valence-electron chi connectivity index (χ4n) is 1.58. The van der Waals surface area contributed by atoms with Gasteiger partial charge in [0, 0.05) is 5.02 Å². The lowest BCUT2D eigenvalue weighted by Gasteiger charge is -2.10. The predicted molar refractivity (Wildman–Crippen MR) is 62.8 cm³/mol. The van der Waals surface area contributed by atoms with Crippen molar-refractivity contribution in [1.82, 2.24) is 5.32 Å². The van der Waals surface area contributed by atoms with Gasteiger partial charge < -0.3 is 5.32 Å². The highest BCUT2D eigenvalue weighted by Crippen LogP contribution is 2.17. The summed E-state index contributed by atoms with van der Waals surface area (Å²) in [6.45, 7) is 3.12. The molecular weight excluding hydrogens is 213 g/mol. The number of hydrogen-bond donors (Lipinski definition) is 1. The van der Waals surface area contributed by atoms with E-state index in [4.69, 9.17) is 11.6 Å². The highest BCUT2D eigenvalue weighted by molar-refractivity contribution is 6.30. The molecule has 1 rings (SSSR count). The van der Waals surface area contributed by atoms with Crippen LogP contribution in [0, 0.1) is 11.7 Å². The molecule has 1 N–H and O–H groups in total. The van der Waals surface area contributed by atoms with Crippen LogP contribution >= 0.6 is 11.6 Å². The van der Waals surface area contributed by atoms with Gasteiger partial charge in [-0.15, -0.1) is 0 Å². The molecule has 0 radical (unpaired) electrons. The molecule has 0 heterocycles. The normalized spacial score (nSPS) is 12.8. The average Bonchev–Trinajstić information content (AvgIpc) is 2.17. The Bertz CT molecular complexity index is 314. The Labute approximate surface area is 95.6 Å². The maximum Gasteiger partial charge on any atom is 0.127 e. The summed E-state index contributed by atoms with van der Waals surface area (Å²) in [5.41, 5.74) is 0.752. The van der Waals surface area contributed by atoms with Crippen LogP contribution in [0.3, 0.4) is 0 Å². The molecule has 0 aliphatic rings. The molecule has 0 amide bonds. The minimum Gasteiger partial charge on any atom is -0.319 e. The number of rotatable bonds is 5. The highest BCUT2D eigenvalue weighted by atomic mass is 35.5. The zero-order chi connectivity index (χ0) is 11.3. The van der Waals surface area contributed by atoms with E-state index in [1.54, 1.807) is 12.1 Å².